The van der Waals surface area contributed by atoms with Crippen LogP contribution < -0.4 is 10.1 Å². The molecule has 21 heavy (non-hydrogen) atoms. The van der Waals surface area contributed by atoms with Gasteiger partial charge >= 0.3 is 0 Å². The van der Waals surface area contributed by atoms with Gasteiger partial charge in [-0.1, -0.05) is 13.8 Å². The van der Waals surface area contributed by atoms with E-state index in [-0.39, 0.29) is 0 Å². The molecule has 1 aromatic carbocycles. The fraction of sp³-hybridized carbons (Fsp3) is 0.500. The van der Waals surface area contributed by atoms with Crippen LogP contribution in [0.25, 0.3) is 10.8 Å². The summed E-state index contributed by atoms with van der Waals surface area (Å²) < 4.78 is 5.29. The fourth-order valence-electron chi connectivity index (χ4n) is 3.13. The maximum atomic E-state index is 5.29. The second-order valence-corrected chi connectivity index (χ2v) is 6.83. The third-order valence-electron chi connectivity index (χ3n) is 4.65. The molecule has 1 fully saturated rings. The van der Waals surface area contributed by atoms with Crippen molar-refractivity contribution in [2.75, 3.05) is 12.4 Å². The molecule has 1 aliphatic carbocycles. The number of hydrogen-bond donors (Lipinski definition) is 1. The van der Waals surface area contributed by atoms with Crippen LogP contribution in [-0.2, 0) is 0 Å². The van der Waals surface area contributed by atoms with Gasteiger partial charge in [0.1, 0.15) is 11.6 Å². The zero-order valence-corrected chi connectivity index (χ0v) is 13.1. The molecule has 0 aliphatic heterocycles. The molecule has 0 radical (unpaired) electrons. The van der Waals surface area contributed by atoms with E-state index < -0.39 is 0 Å². The summed E-state index contributed by atoms with van der Waals surface area (Å²) >= 11 is 0. The van der Waals surface area contributed by atoms with Gasteiger partial charge in [-0.25, -0.2) is 4.98 Å². The first-order valence-electron chi connectivity index (χ1n) is 7.77. The minimum absolute atomic E-state index is 0.498. The van der Waals surface area contributed by atoms with Crippen LogP contribution in [0.4, 0.5) is 5.82 Å². The van der Waals surface area contributed by atoms with Gasteiger partial charge in [0.05, 0.1) is 7.11 Å². The highest BCUT2D eigenvalue weighted by Gasteiger charge is 2.27. The zero-order chi connectivity index (χ0) is 14.9. The topological polar surface area (TPSA) is 34.1 Å². The molecule has 0 unspecified atom stereocenters. The number of methoxy groups -OCH3 is 1. The second-order valence-electron chi connectivity index (χ2n) is 6.83. The van der Waals surface area contributed by atoms with Crippen molar-refractivity contribution in [1.82, 2.24) is 4.98 Å². The summed E-state index contributed by atoms with van der Waals surface area (Å²) in [5, 5.41) is 5.99. The number of hydrogen-bond acceptors (Lipinski definition) is 3. The Hall–Kier alpha value is -1.77. The highest BCUT2D eigenvalue weighted by molar-refractivity contribution is 5.92. The monoisotopic (exact) mass is 284 g/mol. The Kier molecular flexibility index (Phi) is 3.75. The van der Waals surface area contributed by atoms with E-state index in [1.807, 2.05) is 18.3 Å². The molecular weight excluding hydrogens is 260 g/mol. The molecule has 2 aromatic rings. The number of pyridine rings is 1. The number of ether oxygens (including phenoxy) is 1. The van der Waals surface area contributed by atoms with Crippen LogP contribution in [0.2, 0.25) is 0 Å². The van der Waals surface area contributed by atoms with E-state index >= 15 is 0 Å². The van der Waals surface area contributed by atoms with Gasteiger partial charge in [-0.05, 0) is 60.7 Å². The van der Waals surface area contributed by atoms with Gasteiger partial charge in [-0.3, -0.25) is 0 Å². The molecule has 3 nitrogen and oxygen atoms in total. The Morgan fingerprint density at radius 2 is 1.95 bits per heavy atom. The van der Waals surface area contributed by atoms with E-state index in [0.717, 1.165) is 11.6 Å². The van der Waals surface area contributed by atoms with Crippen LogP contribution in [-0.4, -0.2) is 18.1 Å². The molecule has 0 saturated heterocycles. The zero-order valence-electron chi connectivity index (χ0n) is 13.1. The third-order valence-corrected chi connectivity index (χ3v) is 4.65. The Morgan fingerprint density at radius 1 is 1.19 bits per heavy atom. The smallest absolute Gasteiger partial charge is 0.134 e. The molecule has 0 atom stereocenters. The molecule has 0 bridgehead atoms. The Bertz CT molecular complexity index is 626. The summed E-state index contributed by atoms with van der Waals surface area (Å²) in [6, 6.07) is 8.73. The standard InChI is InChI=1S/C18H24N2O/c1-18(2)9-6-14(7-10-18)20-17-16-5-4-15(21-3)12-13(16)8-11-19-17/h4-5,8,11-12,14H,6-7,9-10H2,1-3H3,(H,19,20). The van der Waals surface area contributed by atoms with E-state index in [4.69, 9.17) is 4.74 Å². The summed E-state index contributed by atoms with van der Waals surface area (Å²) in [6.45, 7) is 4.73. The van der Waals surface area contributed by atoms with Crippen LogP contribution in [0.3, 0.4) is 0 Å². The van der Waals surface area contributed by atoms with Gasteiger partial charge in [0.25, 0.3) is 0 Å². The first kappa shape index (κ1) is 14.2. The molecule has 112 valence electrons. The second kappa shape index (κ2) is 5.55. The molecule has 0 spiro atoms. The SMILES string of the molecule is COc1ccc2c(NC3CCC(C)(C)CC3)nccc2c1. The predicted molar refractivity (Wildman–Crippen MR) is 88.0 cm³/mol. The summed E-state index contributed by atoms with van der Waals surface area (Å²) in [7, 11) is 1.70. The maximum absolute atomic E-state index is 5.29. The Balaban J connectivity index is 1.81. The molecule has 1 heterocycles. The normalized spacial score (nSPS) is 18.6. The number of rotatable bonds is 3. The molecule has 1 N–H and O–H groups in total. The largest absolute Gasteiger partial charge is 0.497 e. The van der Waals surface area contributed by atoms with Crippen molar-refractivity contribution in [3.05, 3.63) is 30.5 Å². The van der Waals surface area contributed by atoms with E-state index in [9.17, 15) is 0 Å². The highest BCUT2D eigenvalue weighted by atomic mass is 16.5. The number of aromatic nitrogens is 1. The van der Waals surface area contributed by atoms with Gasteiger partial charge < -0.3 is 10.1 Å². The van der Waals surface area contributed by atoms with Crippen molar-refractivity contribution < 1.29 is 4.74 Å². The van der Waals surface area contributed by atoms with Crippen LogP contribution in [0.5, 0.6) is 5.75 Å². The molecule has 1 aromatic heterocycles. The van der Waals surface area contributed by atoms with Crippen LogP contribution in [0.15, 0.2) is 30.5 Å². The van der Waals surface area contributed by atoms with Crippen molar-refractivity contribution in [2.24, 2.45) is 5.41 Å². The van der Waals surface area contributed by atoms with Gasteiger partial charge in [0.2, 0.25) is 0 Å². The van der Waals surface area contributed by atoms with E-state index in [1.54, 1.807) is 7.11 Å². The quantitative estimate of drug-likeness (QED) is 0.892. The van der Waals surface area contributed by atoms with Gasteiger partial charge in [0, 0.05) is 17.6 Å². The van der Waals surface area contributed by atoms with Crippen molar-refractivity contribution in [3.63, 3.8) is 0 Å². The van der Waals surface area contributed by atoms with Crippen molar-refractivity contribution in [3.8, 4) is 5.75 Å². The summed E-state index contributed by atoms with van der Waals surface area (Å²) in [5.41, 5.74) is 0.498. The first-order valence-corrected chi connectivity index (χ1v) is 7.77. The summed E-state index contributed by atoms with van der Waals surface area (Å²) in [4.78, 5) is 4.54. The number of benzene rings is 1. The Morgan fingerprint density at radius 3 is 2.67 bits per heavy atom. The number of fused-ring (bicyclic) bond motifs is 1. The van der Waals surface area contributed by atoms with E-state index in [1.165, 1.54) is 36.5 Å². The minimum atomic E-state index is 0.498. The molecular formula is C18H24N2O. The van der Waals surface area contributed by atoms with Crippen molar-refractivity contribution in [2.45, 2.75) is 45.6 Å². The highest BCUT2D eigenvalue weighted by Crippen LogP contribution is 2.36. The summed E-state index contributed by atoms with van der Waals surface area (Å²) in [5.74, 6) is 1.89. The first-order chi connectivity index (χ1) is 10.1. The van der Waals surface area contributed by atoms with Crippen molar-refractivity contribution >= 4 is 16.6 Å². The lowest BCUT2D eigenvalue weighted by Crippen LogP contribution is -2.30. The molecule has 3 rings (SSSR count). The van der Waals surface area contributed by atoms with Crippen LogP contribution in [0.1, 0.15) is 39.5 Å². The number of nitrogens with zero attached hydrogens (tertiary/aromatic N) is 1. The van der Waals surface area contributed by atoms with Gasteiger partial charge in [0.15, 0.2) is 0 Å². The van der Waals surface area contributed by atoms with Crippen molar-refractivity contribution in [1.29, 1.82) is 0 Å². The average molecular weight is 284 g/mol. The minimum Gasteiger partial charge on any atom is -0.497 e. The average Bonchev–Trinajstić information content (AvgIpc) is 2.49. The van der Waals surface area contributed by atoms with E-state index in [2.05, 4.69) is 36.3 Å². The Labute approximate surface area is 126 Å². The number of nitrogens with one attached hydrogen (secondary N) is 1. The molecule has 1 aliphatic rings. The lowest BCUT2D eigenvalue weighted by Gasteiger charge is -2.35. The van der Waals surface area contributed by atoms with Gasteiger partial charge in [-0.2, -0.15) is 0 Å². The molecule has 1 saturated carbocycles. The fourth-order valence-corrected chi connectivity index (χ4v) is 3.13. The molecule has 3 heteroatoms. The third kappa shape index (κ3) is 3.12. The molecule has 0 amide bonds. The van der Waals surface area contributed by atoms with E-state index in [0.29, 0.717) is 11.5 Å². The predicted octanol–water partition coefficient (Wildman–Crippen LogP) is 4.62. The van der Waals surface area contributed by atoms with Gasteiger partial charge in [-0.15, -0.1) is 0 Å². The lowest BCUT2D eigenvalue weighted by molar-refractivity contribution is 0.232. The summed E-state index contributed by atoms with van der Waals surface area (Å²) in [6.07, 6.45) is 6.88. The maximum Gasteiger partial charge on any atom is 0.134 e. The van der Waals surface area contributed by atoms with Crippen LogP contribution in [0, 0.1) is 5.41 Å². The number of anilines is 1. The lowest BCUT2D eigenvalue weighted by atomic mass is 9.75. The van der Waals surface area contributed by atoms with Crippen LogP contribution >= 0.6 is 0 Å².